The highest BCUT2D eigenvalue weighted by Crippen LogP contribution is 2.32. The van der Waals surface area contributed by atoms with E-state index in [2.05, 4.69) is 54.2 Å². The average Bonchev–Trinajstić information content (AvgIpc) is 3.17. The molecule has 0 saturated carbocycles. The summed E-state index contributed by atoms with van der Waals surface area (Å²) in [6.07, 6.45) is 0. The number of nitrogens with zero attached hydrogens (tertiary/aromatic N) is 2. The summed E-state index contributed by atoms with van der Waals surface area (Å²) in [4.78, 5) is 21.1. The van der Waals surface area contributed by atoms with Crippen molar-refractivity contribution in [3.05, 3.63) is 81.0 Å². The largest absolute Gasteiger partial charge is 0.301 e. The van der Waals surface area contributed by atoms with Crippen LogP contribution in [0.25, 0.3) is 21.3 Å². The predicted molar refractivity (Wildman–Crippen MR) is 120 cm³/mol. The number of aromatic amines is 1. The highest BCUT2D eigenvalue weighted by Gasteiger charge is 2.14. The molecule has 0 fully saturated rings. The van der Waals surface area contributed by atoms with Crippen LogP contribution in [0.2, 0.25) is 0 Å². The molecule has 29 heavy (non-hydrogen) atoms. The lowest BCUT2D eigenvalue weighted by molar-refractivity contribution is 0.867. The molecule has 0 aliphatic heterocycles. The summed E-state index contributed by atoms with van der Waals surface area (Å²) in [6, 6.07) is 18.0. The van der Waals surface area contributed by atoms with Crippen molar-refractivity contribution in [2.75, 3.05) is 0 Å². The van der Waals surface area contributed by atoms with Gasteiger partial charge in [0.25, 0.3) is 5.56 Å². The third-order valence-electron chi connectivity index (χ3n) is 4.81. The fourth-order valence-corrected chi connectivity index (χ4v) is 5.03. The van der Waals surface area contributed by atoms with Crippen LogP contribution in [-0.2, 0) is 5.75 Å². The number of benzene rings is 2. The van der Waals surface area contributed by atoms with Crippen LogP contribution in [0.3, 0.4) is 0 Å². The number of hydrogen-bond acceptors (Lipinski definition) is 5. The SMILES string of the molecule is CC(C)c1ccc(-c2csc3nc(SCc4ccccc4C#N)[nH]c(=O)c23)cc1. The number of aromatic nitrogens is 2. The number of nitrogens with one attached hydrogen (secondary N) is 1. The Hall–Kier alpha value is -2.88. The second-order valence-corrected chi connectivity index (χ2v) is 8.86. The number of thiophene rings is 1. The summed E-state index contributed by atoms with van der Waals surface area (Å²) in [5.41, 5.74) is 4.66. The molecule has 4 nitrogen and oxygen atoms in total. The van der Waals surface area contributed by atoms with Crippen molar-refractivity contribution in [3.8, 4) is 17.2 Å². The zero-order valence-corrected chi connectivity index (χ0v) is 17.7. The van der Waals surface area contributed by atoms with Gasteiger partial charge in [-0.25, -0.2) is 4.98 Å². The first-order chi connectivity index (χ1) is 14.1. The van der Waals surface area contributed by atoms with Crippen LogP contribution in [0.15, 0.2) is 63.9 Å². The Morgan fingerprint density at radius 1 is 1.17 bits per heavy atom. The van der Waals surface area contributed by atoms with Gasteiger partial charge in [-0.3, -0.25) is 4.79 Å². The van der Waals surface area contributed by atoms with Gasteiger partial charge in [-0.2, -0.15) is 5.26 Å². The van der Waals surface area contributed by atoms with Crippen molar-refractivity contribution < 1.29 is 0 Å². The predicted octanol–water partition coefficient (Wildman–Crippen LogP) is 5.94. The first-order valence-electron chi connectivity index (χ1n) is 9.29. The minimum atomic E-state index is -0.129. The molecule has 4 aromatic rings. The average molecular weight is 418 g/mol. The van der Waals surface area contributed by atoms with Crippen molar-refractivity contribution in [3.63, 3.8) is 0 Å². The van der Waals surface area contributed by atoms with Crippen LogP contribution < -0.4 is 5.56 Å². The monoisotopic (exact) mass is 417 g/mol. The molecule has 0 unspecified atom stereocenters. The Kier molecular flexibility index (Phi) is 5.52. The number of thioether (sulfide) groups is 1. The molecule has 0 radical (unpaired) electrons. The van der Waals surface area contributed by atoms with Gasteiger partial charge in [0.2, 0.25) is 0 Å². The fraction of sp³-hybridized carbons (Fsp3) is 0.174. The van der Waals surface area contributed by atoms with E-state index < -0.39 is 0 Å². The van der Waals surface area contributed by atoms with Crippen LogP contribution in [0.1, 0.15) is 36.5 Å². The summed E-state index contributed by atoms with van der Waals surface area (Å²) in [5, 5.41) is 12.4. The van der Waals surface area contributed by atoms with Crippen molar-refractivity contribution in [2.24, 2.45) is 0 Å². The highest BCUT2D eigenvalue weighted by molar-refractivity contribution is 7.98. The van der Waals surface area contributed by atoms with Gasteiger partial charge in [0.15, 0.2) is 5.16 Å². The van der Waals surface area contributed by atoms with E-state index in [0.29, 0.717) is 27.8 Å². The van der Waals surface area contributed by atoms with E-state index in [1.165, 1.54) is 28.7 Å². The Labute approximate surface area is 177 Å². The molecule has 0 bridgehead atoms. The summed E-state index contributed by atoms with van der Waals surface area (Å²) in [5.74, 6) is 1.05. The Balaban J connectivity index is 1.64. The van der Waals surface area contributed by atoms with Crippen LogP contribution in [0, 0.1) is 11.3 Å². The highest BCUT2D eigenvalue weighted by atomic mass is 32.2. The molecular formula is C23H19N3OS2. The topological polar surface area (TPSA) is 69.5 Å². The molecule has 0 aliphatic carbocycles. The van der Waals surface area contributed by atoms with E-state index in [0.717, 1.165) is 21.5 Å². The maximum atomic E-state index is 12.8. The molecule has 144 valence electrons. The molecule has 0 atom stereocenters. The molecule has 6 heteroatoms. The first kappa shape index (κ1) is 19.4. The van der Waals surface area contributed by atoms with Gasteiger partial charge in [0, 0.05) is 16.7 Å². The quantitative estimate of drug-likeness (QED) is 0.322. The van der Waals surface area contributed by atoms with Crippen LogP contribution >= 0.6 is 23.1 Å². The number of nitriles is 1. The molecule has 4 rings (SSSR count). The minimum Gasteiger partial charge on any atom is -0.301 e. The van der Waals surface area contributed by atoms with E-state index in [9.17, 15) is 10.1 Å². The van der Waals surface area contributed by atoms with Crippen LogP contribution in [0.5, 0.6) is 0 Å². The molecule has 0 aliphatic rings. The third kappa shape index (κ3) is 3.98. The van der Waals surface area contributed by atoms with Crippen molar-refractivity contribution >= 4 is 33.3 Å². The molecule has 2 aromatic carbocycles. The lowest BCUT2D eigenvalue weighted by atomic mass is 9.99. The number of fused-ring (bicyclic) bond motifs is 1. The maximum absolute atomic E-state index is 12.8. The lowest BCUT2D eigenvalue weighted by Crippen LogP contribution is -2.08. The van der Waals surface area contributed by atoms with Gasteiger partial charge in [0.1, 0.15) is 4.83 Å². The van der Waals surface area contributed by atoms with Gasteiger partial charge < -0.3 is 4.98 Å². The van der Waals surface area contributed by atoms with Gasteiger partial charge in [-0.05, 0) is 28.7 Å². The molecular weight excluding hydrogens is 398 g/mol. The van der Waals surface area contributed by atoms with Crippen LogP contribution in [-0.4, -0.2) is 9.97 Å². The lowest BCUT2D eigenvalue weighted by Gasteiger charge is -2.06. The molecule has 1 N–H and O–H groups in total. The van der Waals surface area contributed by atoms with Gasteiger partial charge in [-0.1, -0.05) is 68.1 Å². The Morgan fingerprint density at radius 3 is 2.66 bits per heavy atom. The molecule has 0 spiro atoms. The smallest absolute Gasteiger partial charge is 0.260 e. The molecule has 2 heterocycles. The minimum absolute atomic E-state index is 0.129. The molecule has 2 aromatic heterocycles. The second kappa shape index (κ2) is 8.24. The van der Waals surface area contributed by atoms with Gasteiger partial charge in [-0.15, -0.1) is 11.3 Å². The Bertz CT molecular complexity index is 1260. The van der Waals surface area contributed by atoms with Crippen molar-refractivity contribution in [2.45, 2.75) is 30.7 Å². The van der Waals surface area contributed by atoms with Crippen molar-refractivity contribution in [1.82, 2.24) is 9.97 Å². The van der Waals surface area contributed by atoms with E-state index in [4.69, 9.17) is 0 Å². The van der Waals surface area contributed by atoms with Crippen LogP contribution in [0.4, 0.5) is 0 Å². The number of rotatable bonds is 5. The van der Waals surface area contributed by atoms with E-state index in [1.54, 1.807) is 6.07 Å². The summed E-state index contributed by atoms with van der Waals surface area (Å²) in [6.45, 7) is 4.33. The van der Waals surface area contributed by atoms with Gasteiger partial charge in [0.05, 0.1) is 17.0 Å². The van der Waals surface area contributed by atoms with E-state index >= 15 is 0 Å². The van der Waals surface area contributed by atoms with Crippen molar-refractivity contribution in [1.29, 1.82) is 5.26 Å². The standard InChI is InChI=1S/C23H19N3OS2/c1-14(2)15-7-9-16(10-8-15)19-13-28-22-20(19)21(27)25-23(26-22)29-12-18-6-4-3-5-17(18)11-24/h3-10,13-14H,12H2,1-2H3,(H,25,26,27). The van der Waals surface area contributed by atoms with E-state index in [-0.39, 0.29) is 5.56 Å². The second-order valence-electron chi connectivity index (χ2n) is 7.03. The number of hydrogen-bond donors (Lipinski definition) is 1. The molecule has 0 amide bonds. The Morgan fingerprint density at radius 2 is 1.93 bits per heavy atom. The summed E-state index contributed by atoms with van der Waals surface area (Å²) in [7, 11) is 0. The maximum Gasteiger partial charge on any atom is 0.260 e. The molecule has 0 saturated heterocycles. The number of H-pyrrole nitrogens is 1. The normalized spacial score (nSPS) is 11.1. The third-order valence-corrected chi connectivity index (χ3v) is 6.61. The zero-order chi connectivity index (χ0) is 20.4. The summed E-state index contributed by atoms with van der Waals surface area (Å²) >= 11 is 2.91. The first-order valence-corrected chi connectivity index (χ1v) is 11.2. The van der Waals surface area contributed by atoms with Gasteiger partial charge >= 0.3 is 0 Å². The van der Waals surface area contributed by atoms with E-state index in [1.807, 2.05) is 23.6 Å². The summed E-state index contributed by atoms with van der Waals surface area (Å²) < 4.78 is 0. The fourth-order valence-electron chi connectivity index (χ4n) is 3.16. The zero-order valence-electron chi connectivity index (χ0n) is 16.1.